The molecule has 1 fully saturated rings. The molecule has 0 spiro atoms. The maximum atomic E-state index is 13.0. The van der Waals surface area contributed by atoms with Gasteiger partial charge >= 0.3 is 0 Å². The van der Waals surface area contributed by atoms with Crippen molar-refractivity contribution in [1.29, 1.82) is 0 Å². The number of sulfone groups is 1. The SMILES string of the molecule is CCS(=O)(=O)CCNC(=O)C1CCN(S(=O)(=O)c2ccc(F)cc2)CC1. The zero-order chi connectivity index (χ0) is 19.4. The average molecular weight is 407 g/mol. The van der Waals surface area contributed by atoms with E-state index in [4.69, 9.17) is 0 Å². The molecule has 0 bridgehead atoms. The molecule has 0 aromatic heterocycles. The van der Waals surface area contributed by atoms with Crippen LogP contribution in [0.2, 0.25) is 0 Å². The molecule has 7 nitrogen and oxygen atoms in total. The maximum absolute atomic E-state index is 13.0. The molecule has 1 N–H and O–H groups in total. The van der Waals surface area contributed by atoms with Crippen LogP contribution in [0.1, 0.15) is 19.8 Å². The highest BCUT2D eigenvalue weighted by Crippen LogP contribution is 2.24. The van der Waals surface area contributed by atoms with Crippen LogP contribution in [0.5, 0.6) is 0 Å². The van der Waals surface area contributed by atoms with E-state index in [2.05, 4.69) is 5.32 Å². The van der Waals surface area contributed by atoms with E-state index in [1.807, 2.05) is 0 Å². The minimum Gasteiger partial charge on any atom is -0.355 e. The van der Waals surface area contributed by atoms with Gasteiger partial charge in [-0.1, -0.05) is 6.92 Å². The van der Waals surface area contributed by atoms with E-state index < -0.39 is 25.7 Å². The standard InChI is InChI=1S/C16H23FN2O5S2/c1-2-25(21,22)12-9-18-16(20)13-7-10-19(11-8-13)26(23,24)15-5-3-14(17)4-6-15/h3-6,13H,2,7-12H2,1H3,(H,18,20). The number of sulfonamides is 1. The Labute approximate surface area is 153 Å². The first-order valence-electron chi connectivity index (χ1n) is 8.39. The highest BCUT2D eigenvalue weighted by atomic mass is 32.2. The summed E-state index contributed by atoms with van der Waals surface area (Å²) in [5.41, 5.74) is 0. The first-order chi connectivity index (χ1) is 12.2. The van der Waals surface area contributed by atoms with E-state index >= 15 is 0 Å². The Balaban J connectivity index is 1.88. The molecule has 10 heteroatoms. The van der Waals surface area contributed by atoms with Gasteiger partial charge in [-0.05, 0) is 37.1 Å². The summed E-state index contributed by atoms with van der Waals surface area (Å²) in [6, 6.07) is 4.63. The lowest BCUT2D eigenvalue weighted by atomic mass is 9.97. The van der Waals surface area contributed by atoms with Crippen molar-refractivity contribution in [2.24, 2.45) is 5.92 Å². The average Bonchev–Trinajstić information content (AvgIpc) is 2.62. The second kappa shape index (κ2) is 8.45. The van der Waals surface area contributed by atoms with Crippen LogP contribution >= 0.6 is 0 Å². The fraction of sp³-hybridized carbons (Fsp3) is 0.562. The molecule has 26 heavy (non-hydrogen) atoms. The highest BCUT2D eigenvalue weighted by Gasteiger charge is 2.32. The summed E-state index contributed by atoms with van der Waals surface area (Å²) in [4.78, 5) is 12.1. The molecular weight excluding hydrogens is 383 g/mol. The van der Waals surface area contributed by atoms with Gasteiger partial charge < -0.3 is 5.32 Å². The molecule has 0 saturated carbocycles. The van der Waals surface area contributed by atoms with Gasteiger partial charge in [0.1, 0.15) is 5.82 Å². The molecule has 1 aliphatic rings. The van der Waals surface area contributed by atoms with Gasteiger partial charge in [-0.3, -0.25) is 4.79 Å². The third kappa shape index (κ3) is 5.24. The summed E-state index contributed by atoms with van der Waals surface area (Å²) in [7, 11) is -6.85. The Hall–Kier alpha value is -1.52. The molecule has 1 heterocycles. The van der Waals surface area contributed by atoms with Crippen molar-refractivity contribution in [2.75, 3.05) is 31.1 Å². The molecule has 0 radical (unpaired) electrons. The second-order valence-electron chi connectivity index (χ2n) is 6.16. The van der Waals surface area contributed by atoms with E-state index in [9.17, 15) is 26.0 Å². The number of benzene rings is 1. The summed E-state index contributed by atoms with van der Waals surface area (Å²) < 4.78 is 62.1. The minimum atomic E-state index is -3.71. The highest BCUT2D eigenvalue weighted by molar-refractivity contribution is 7.91. The number of carbonyl (C=O) groups is 1. The number of hydrogen-bond donors (Lipinski definition) is 1. The van der Waals surface area contributed by atoms with Crippen molar-refractivity contribution in [3.05, 3.63) is 30.1 Å². The molecule has 146 valence electrons. The Morgan fingerprint density at radius 1 is 1.15 bits per heavy atom. The van der Waals surface area contributed by atoms with Crippen molar-refractivity contribution in [2.45, 2.75) is 24.7 Å². The molecule has 1 amide bonds. The second-order valence-corrected chi connectivity index (χ2v) is 10.6. The Morgan fingerprint density at radius 3 is 2.27 bits per heavy atom. The zero-order valence-electron chi connectivity index (χ0n) is 14.5. The third-order valence-corrected chi connectivity index (χ3v) is 8.05. The van der Waals surface area contributed by atoms with Crippen molar-refractivity contribution in [3.63, 3.8) is 0 Å². The Kier molecular flexibility index (Phi) is 6.75. The van der Waals surface area contributed by atoms with Gasteiger partial charge in [-0.15, -0.1) is 0 Å². The summed E-state index contributed by atoms with van der Waals surface area (Å²) >= 11 is 0. The molecular formula is C16H23FN2O5S2. The van der Waals surface area contributed by atoms with Gasteiger partial charge in [0, 0.05) is 31.3 Å². The molecule has 1 aromatic carbocycles. The predicted octanol–water partition coefficient (Wildman–Crippen LogP) is 0.777. The fourth-order valence-corrected chi connectivity index (χ4v) is 4.90. The topological polar surface area (TPSA) is 101 Å². The molecule has 1 saturated heterocycles. The number of nitrogens with one attached hydrogen (secondary N) is 1. The van der Waals surface area contributed by atoms with Crippen LogP contribution in [0.25, 0.3) is 0 Å². The van der Waals surface area contributed by atoms with Gasteiger partial charge in [-0.2, -0.15) is 4.31 Å². The number of hydrogen-bond acceptors (Lipinski definition) is 5. The number of piperidine rings is 1. The van der Waals surface area contributed by atoms with E-state index in [1.165, 1.54) is 16.4 Å². The molecule has 0 atom stereocenters. The lowest BCUT2D eigenvalue weighted by Gasteiger charge is -2.30. The summed E-state index contributed by atoms with van der Waals surface area (Å²) in [5.74, 6) is -1.19. The van der Waals surface area contributed by atoms with Crippen LogP contribution in [0.4, 0.5) is 4.39 Å². The van der Waals surface area contributed by atoms with Gasteiger partial charge in [0.15, 0.2) is 9.84 Å². The number of carbonyl (C=O) groups excluding carboxylic acids is 1. The van der Waals surface area contributed by atoms with Gasteiger partial charge in [-0.25, -0.2) is 21.2 Å². The quantitative estimate of drug-likeness (QED) is 0.721. The van der Waals surface area contributed by atoms with Crippen LogP contribution in [-0.4, -0.2) is 58.2 Å². The van der Waals surface area contributed by atoms with Crippen molar-refractivity contribution in [3.8, 4) is 0 Å². The summed E-state index contributed by atoms with van der Waals surface area (Å²) in [6.07, 6.45) is 0.708. The predicted molar refractivity (Wildman–Crippen MR) is 95.2 cm³/mol. The Morgan fingerprint density at radius 2 is 1.73 bits per heavy atom. The zero-order valence-corrected chi connectivity index (χ0v) is 16.2. The lowest BCUT2D eigenvalue weighted by molar-refractivity contribution is -0.125. The number of amides is 1. The van der Waals surface area contributed by atoms with E-state index in [0.717, 1.165) is 12.1 Å². The Bertz CT molecular complexity index is 830. The first-order valence-corrected chi connectivity index (χ1v) is 11.7. The maximum Gasteiger partial charge on any atom is 0.243 e. The van der Waals surface area contributed by atoms with Crippen LogP contribution in [-0.2, 0) is 24.7 Å². The van der Waals surface area contributed by atoms with E-state index in [1.54, 1.807) is 6.92 Å². The van der Waals surface area contributed by atoms with E-state index in [0.29, 0.717) is 12.8 Å². The number of rotatable bonds is 7. The smallest absolute Gasteiger partial charge is 0.243 e. The lowest BCUT2D eigenvalue weighted by Crippen LogP contribution is -2.43. The van der Waals surface area contributed by atoms with Gasteiger partial charge in [0.25, 0.3) is 0 Å². The summed E-state index contributed by atoms with van der Waals surface area (Å²) in [6.45, 7) is 1.98. The molecule has 0 aliphatic carbocycles. The monoisotopic (exact) mass is 406 g/mol. The number of halogens is 1. The van der Waals surface area contributed by atoms with Crippen LogP contribution in [0.15, 0.2) is 29.2 Å². The molecule has 1 aromatic rings. The molecule has 1 aliphatic heterocycles. The minimum absolute atomic E-state index is 0.0200. The van der Waals surface area contributed by atoms with E-state index in [-0.39, 0.29) is 47.9 Å². The van der Waals surface area contributed by atoms with Crippen LogP contribution < -0.4 is 5.32 Å². The number of nitrogens with zero attached hydrogens (tertiary/aromatic N) is 1. The van der Waals surface area contributed by atoms with Crippen molar-refractivity contribution in [1.82, 2.24) is 9.62 Å². The van der Waals surface area contributed by atoms with Gasteiger partial charge in [0.05, 0.1) is 10.6 Å². The van der Waals surface area contributed by atoms with Crippen molar-refractivity contribution >= 4 is 25.8 Å². The van der Waals surface area contributed by atoms with Crippen molar-refractivity contribution < 1.29 is 26.0 Å². The normalized spacial score (nSPS) is 17.2. The van der Waals surface area contributed by atoms with Crippen LogP contribution in [0.3, 0.4) is 0 Å². The fourth-order valence-electron chi connectivity index (χ4n) is 2.73. The van der Waals surface area contributed by atoms with Gasteiger partial charge in [0.2, 0.25) is 15.9 Å². The molecule has 2 rings (SSSR count). The first kappa shape index (κ1) is 20.8. The summed E-state index contributed by atoms with van der Waals surface area (Å²) in [5, 5.41) is 2.61. The van der Waals surface area contributed by atoms with Crippen LogP contribution in [0, 0.1) is 11.7 Å². The third-order valence-electron chi connectivity index (χ3n) is 4.43. The molecule has 0 unspecified atom stereocenters. The largest absolute Gasteiger partial charge is 0.355 e.